The van der Waals surface area contributed by atoms with Crippen molar-refractivity contribution in [2.75, 3.05) is 13.2 Å². The van der Waals surface area contributed by atoms with Crippen LogP contribution in [0.5, 0.6) is 0 Å². The van der Waals surface area contributed by atoms with Gasteiger partial charge < -0.3 is 38.6 Å². The van der Waals surface area contributed by atoms with Gasteiger partial charge in [-0.25, -0.2) is 19.1 Å². The fraction of sp³-hybridized carbons (Fsp3) is 0.417. The number of aromatic nitrogens is 4. The van der Waals surface area contributed by atoms with E-state index in [0.717, 1.165) is 0 Å². The molecule has 0 aliphatic carbocycles. The number of hydrogen-bond donors (Lipinski definition) is 4. The fourth-order valence-electron chi connectivity index (χ4n) is 5.58. The van der Waals surface area contributed by atoms with Gasteiger partial charge in [0, 0.05) is 0 Å². The van der Waals surface area contributed by atoms with Crippen LogP contribution in [0.4, 0.5) is 0 Å². The highest BCUT2D eigenvalue weighted by Crippen LogP contribution is 2.54. The Morgan fingerprint density at radius 1 is 0.674 bits per heavy atom. The van der Waals surface area contributed by atoms with E-state index >= 15 is 0 Å². The second-order valence-electron chi connectivity index (χ2n) is 10.6. The Hall–Kier alpha value is -1.40. The average molecular weight is 762 g/mol. The molecule has 5 heterocycles. The molecule has 2 aromatic carbocycles. The van der Waals surface area contributed by atoms with Crippen molar-refractivity contribution in [2.45, 2.75) is 49.1 Å². The minimum Gasteiger partial charge on any atom is -0.386 e. The summed E-state index contributed by atoms with van der Waals surface area (Å²) < 4.78 is 61.9. The molecular formula is C24H22Cl4N4O12P2. The van der Waals surface area contributed by atoms with E-state index in [1.807, 2.05) is 0 Å². The lowest BCUT2D eigenvalue weighted by Gasteiger charge is -2.27. The molecule has 22 heteroatoms. The van der Waals surface area contributed by atoms with Crippen LogP contribution in [0.1, 0.15) is 12.5 Å². The molecule has 46 heavy (non-hydrogen) atoms. The number of fused-ring (bicyclic) bond motifs is 4. The van der Waals surface area contributed by atoms with Crippen LogP contribution in [0.2, 0.25) is 20.1 Å². The number of ether oxygens (including phenoxy) is 2. The second kappa shape index (κ2) is 12.2. The lowest BCUT2D eigenvalue weighted by Crippen LogP contribution is -2.39. The summed E-state index contributed by atoms with van der Waals surface area (Å²) in [6.07, 6.45) is -9.29. The van der Waals surface area contributed by atoms with Crippen LogP contribution in [-0.4, -0.2) is 88.9 Å². The third kappa shape index (κ3) is 6.03. The summed E-state index contributed by atoms with van der Waals surface area (Å²) in [5.74, 6) is 0. The lowest BCUT2D eigenvalue weighted by molar-refractivity contribution is -0.0662. The number of phosphoric acid groups is 2. The first-order valence-electron chi connectivity index (χ1n) is 13.3. The van der Waals surface area contributed by atoms with Gasteiger partial charge in [-0.1, -0.05) is 46.4 Å². The van der Waals surface area contributed by atoms with Crippen LogP contribution >= 0.6 is 62.0 Å². The van der Waals surface area contributed by atoms with Crippen molar-refractivity contribution in [3.63, 3.8) is 0 Å². The molecule has 3 fully saturated rings. The number of aliphatic hydroxyl groups is 2. The zero-order valence-corrected chi connectivity index (χ0v) is 27.6. The molecule has 7 rings (SSSR count). The summed E-state index contributed by atoms with van der Waals surface area (Å²) in [7, 11) is -10.0. The summed E-state index contributed by atoms with van der Waals surface area (Å²) in [5.41, 5.74) is 1.58. The maximum Gasteiger partial charge on any atom is 0.472 e. The Morgan fingerprint density at radius 3 is 1.43 bits per heavy atom. The number of imidazole rings is 2. The van der Waals surface area contributed by atoms with Crippen LogP contribution in [0, 0.1) is 0 Å². The van der Waals surface area contributed by atoms with Crippen LogP contribution in [0.25, 0.3) is 22.1 Å². The molecule has 10 atom stereocenters. The van der Waals surface area contributed by atoms with Crippen molar-refractivity contribution in [3.05, 3.63) is 57.0 Å². The monoisotopic (exact) mass is 760 g/mol. The molecule has 248 valence electrons. The largest absolute Gasteiger partial charge is 0.472 e. The van der Waals surface area contributed by atoms with Crippen molar-refractivity contribution in [3.8, 4) is 0 Å². The molecular weight excluding hydrogens is 740 g/mol. The number of halogens is 4. The molecule has 3 aliphatic heterocycles. The molecule has 3 aliphatic rings. The quantitative estimate of drug-likeness (QED) is 0.211. The van der Waals surface area contributed by atoms with Gasteiger partial charge in [-0.2, -0.15) is 0 Å². The highest BCUT2D eigenvalue weighted by Gasteiger charge is 2.53. The molecule has 0 saturated carbocycles. The van der Waals surface area contributed by atoms with E-state index in [1.165, 1.54) is 46.1 Å². The molecule has 0 spiro atoms. The standard InChI is InChI=1S/C24H22Cl4N4O12P2/c25-9-1-13-15(3-11(9)27)31(7-29-13)23-19(33)21-17(41-23)5-39-46(37,38)44-22-18(6-40-45(35,36)43-21)42-24(20(22)34)32-8-30-14-2-10(26)12(28)4-16(14)32/h1-4,7-8,17-24,33-34H,5-6H2,(H,35,36)(H,37,38). The van der Waals surface area contributed by atoms with Gasteiger partial charge in [-0.05, 0) is 24.3 Å². The minimum atomic E-state index is -5.00. The van der Waals surface area contributed by atoms with Crippen LogP contribution in [0.15, 0.2) is 36.9 Å². The third-order valence-electron chi connectivity index (χ3n) is 7.71. The highest BCUT2D eigenvalue weighted by atomic mass is 35.5. The maximum atomic E-state index is 13.1. The van der Waals surface area contributed by atoms with E-state index in [9.17, 15) is 29.1 Å². The predicted molar refractivity (Wildman–Crippen MR) is 161 cm³/mol. The van der Waals surface area contributed by atoms with Crippen molar-refractivity contribution in [2.24, 2.45) is 0 Å². The molecule has 2 aromatic heterocycles. The van der Waals surface area contributed by atoms with Gasteiger partial charge in [-0.3, -0.25) is 18.1 Å². The third-order valence-corrected chi connectivity index (χ3v) is 11.1. The summed E-state index contributed by atoms with van der Waals surface area (Å²) >= 11 is 24.5. The zero-order chi connectivity index (χ0) is 32.7. The number of aliphatic hydroxyl groups excluding tert-OH is 2. The van der Waals surface area contributed by atoms with E-state index in [1.54, 1.807) is 0 Å². The molecule has 10 unspecified atom stereocenters. The Morgan fingerprint density at radius 2 is 1.04 bits per heavy atom. The van der Waals surface area contributed by atoms with E-state index in [2.05, 4.69) is 9.97 Å². The first kappa shape index (κ1) is 33.1. The fourth-order valence-corrected chi connectivity index (χ4v) is 8.14. The first-order chi connectivity index (χ1) is 21.7. The van der Waals surface area contributed by atoms with Crippen LogP contribution in [-0.2, 0) is 36.7 Å². The first-order valence-corrected chi connectivity index (χ1v) is 17.8. The molecule has 0 bridgehead atoms. The van der Waals surface area contributed by atoms with Gasteiger partial charge in [0.25, 0.3) is 0 Å². The van der Waals surface area contributed by atoms with Crippen molar-refractivity contribution >= 4 is 84.1 Å². The minimum absolute atomic E-state index is 0.188. The Balaban J connectivity index is 1.16. The lowest BCUT2D eigenvalue weighted by atomic mass is 10.1. The van der Waals surface area contributed by atoms with E-state index < -0.39 is 77.9 Å². The van der Waals surface area contributed by atoms with Crippen molar-refractivity contribution < 1.29 is 56.7 Å². The predicted octanol–water partition coefficient (Wildman–Crippen LogP) is 4.23. The smallest absolute Gasteiger partial charge is 0.386 e. The maximum absolute atomic E-state index is 13.1. The normalized spacial score (nSPS) is 37.2. The van der Waals surface area contributed by atoms with E-state index in [0.29, 0.717) is 22.1 Å². The Bertz CT molecular complexity index is 1790. The van der Waals surface area contributed by atoms with Gasteiger partial charge in [0.15, 0.2) is 12.5 Å². The summed E-state index contributed by atoms with van der Waals surface area (Å²) in [5, 5.41) is 23.3. The zero-order valence-electron chi connectivity index (χ0n) is 22.7. The van der Waals surface area contributed by atoms with Gasteiger partial charge in [0.1, 0.15) is 36.6 Å². The number of benzene rings is 2. The average Bonchev–Trinajstić information content (AvgIpc) is 3.72. The summed E-state index contributed by atoms with van der Waals surface area (Å²) in [6, 6.07) is 5.95. The van der Waals surface area contributed by atoms with Gasteiger partial charge in [0.2, 0.25) is 0 Å². The molecule has 4 aromatic rings. The molecule has 3 saturated heterocycles. The number of nitrogens with zero attached hydrogens (tertiary/aromatic N) is 4. The topological polar surface area (TPSA) is 206 Å². The van der Waals surface area contributed by atoms with Gasteiger partial charge in [0.05, 0.1) is 68.0 Å². The molecule has 0 radical (unpaired) electrons. The van der Waals surface area contributed by atoms with Crippen molar-refractivity contribution in [1.82, 2.24) is 19.1 Å². The van der Waals surface area contributed by atoms with E-state index in [4.69, 9.17) is 74.0 Å². The molecule has 16 nitrogen and oxygen atoms in total. The summed E-state index contributed by atoms with van der Waals surface area (Å²) in [4.78, 5) is 29.8. The molecule has 4 N–H and O–H groups in total. The van der Waals surface area contributed by atoms with Gasteiger partial charge >= 0.3 is 15.6 Å². The van der Waals surface area contributed by atoms with E-state index in [-0.39, 0.29) is 20.1 Å². The summed E-state index contributed by atoms with van der Waals surface area (Å²) in [6.45, 7) is -1.54. The number of rotatable bonds is 2. The second-order valence-corrected chi connectivity index (χ2v) is 15.0. The molecule has 0 amide bonds. The van der Waals surface area contributed by atoms with Gasteiger partial charge in [-0.15, -0.1) is 0 Å². The SMILES string of the molecule is O=P1(O)OCC2OC(n3cnc4cc(Cl)c(Cl)cc43)C(O)C2OP(=O)(O)OCC2OC(n3cnc4cc(Cl)c(Cl)cc43)C(O)C2O1. The Kier molecular flexibility index (Phi) is 8.77. The number of hydrogen-bond acceptors (Lipinski definition) is 12. The number of phosphoric ester groups is 2. The Labute approximate surface area is 278 Å². The highest BCUT2D eigenvalue weighted by molar-refractivity contribution is 7.47. The van der Waals surface area contributed by atoms with Crippen LogP contribution < -0.4 is 0 Å². The van der Waals surface area contributed by atoms with Crippen LogP contribution in [0.3, 0.4) is 0 Å². The van der Waals surface area contributed by atoms with Crippen molar-refractivity contribution in [1.29, 1.82) is 0 Å².